The van der Waals surface area contributed by atoms with Gasteiger partial charge in [0.15, 0.2) is 0 Å². The van der Waals surface area contributed by atoms with E-state index in [1.54, 1.807) is 12.1 Å². The number of hydrogen-bond donors (Lipinski definition) is 2. The van der Waals surface area contributed by atoms with Crippen LogP contribution in [0.5, 0.6) is 11.5 Å². The quantitative estimate of drug-likeness (QED) is 0.730. The topological polar surface area (TPSA) is 40.5 Å². The largest absolute Gasteiger partial charge is 0.508 e. The van der Waals surface area contributed by atoms with E-state index in [0.29, 0.717) is 23.3 Å². The van der Waals surface area contributed by atoms with E-state index >= 15 is 0 Å². The minimum Gasteiger partial charge on any atom is -0.508 e. The summed E-state index contributed by atoms with van der Waals surface area (Å²) in [5.74, 6) is 1.71. The molecule has 1 aliphatic carbocycles. The zero-order valence-corrected chi connectivity index (χ0v) is 14.9. The SMILES string of the molecule is CC(C)CC1c2ccc(O)cc2CCCC1(C)c1ccc(O)cc1. The van der Waals surface area contributed by atoms with Gasteiger partial charge in [0.1, 0.15) is 11.5 Å². The number of aromatic hydroxyl groups is 2. The Morgan fingerprint density at radius 3 is 2.38 bits per heavy atom. The molecule has 0 bridgehead atoms. The molecular weight excluding hydrogens is 296 g/mol. The Bertz CT molecular complexity index is 702. The first kappa shape index (κ1) is 16.9. The van der Waals surface area contributed by atoms with Crippen molar-refractivity contribution < 1.29 is 10.2 Å². The minimum atomic E-state index is 0.0419. The first-order chi connectivity index (χ1) is 11.4. The summed E-state index contributed by atoms with van der Waals surface area (Å²) >= 11 is 0. The van der Waals surface area contributed by atoms with Crippen LogP contribution < -0.4 is 0 Å². The molecule has 0 aromatic heterocycles. The van der Waals surface area contributed by atoms with Gasteiger partial charge in [-0.05, 0) is 83.9 Å². The molecule has 2 unspecified atom stereocenters. The van der Waals surface area contributed by atoms with Crippen LogP contribution in [-0.2, 0) is 11.8 Å². The molecule has 0 aliphatic heterocycles. The number of phenols is 2. The molecule has 2 N–H and O–H groups in total. The molecule has 2 nitrogen and oxygen atoms in total. The van der Waals surface area contributed by atoms with E-state index in [1.165, 1.54) is 16.7 Å². The van der Waals surface area contributed by atoms with Gasteiger partial charge in [-0.25, -0.2) is 0 Å². The highest BCUT2D eigenvalue weighted by Crippen LogP contribution is 2.49. The summed E-state index contributed by atoms with van der Waals surface area (Å²) in [5, 5.41) is 19.6. The molecule has 1 aliphatic rings. The maximum Gasteiger partial charge on any atom is 0.115 e. The first-order valence-electron chi connectivity index (χ1n) is 9.01. The van der Waals surface area contributed by atoms with E-state index in [9.17, 15) is 10.2 Å². The molecule has 0 saturated carbocycles. The van der Waals surface area contributed by atoms with Gasteiger partial charge >= 0.3 is 0 Å². The monoisotopic (exact) mass is 324 g/mol. The van der Waals surface area contributed by atoms with Crippen LogP contribution in [0, 0.1) is 5.92 Å². The minimum absolute atomic E-state index is 0.0419. The van der Waals surface area contributed by atoms with Crippen molar-refractivity contribution in [3.8, 4) is 11.5 Å². The zero-order chi connectivity index (χ0) is 17.3. The van der Waals surface area contributed by atoms with Gasteiger partial charge in [0.2, 0.25) is 0 Å². The molecule has 0 amide bonds. The fourth-order valence-electron chi connectivity index (χ4n) is 4.36. The normalized spacial score (nSPS) is 23.8. The average molecular weight is 324 g/mol. The molecule has 0 fully saturated rings. The van der Waals surface area contributed by atoms with Crippen molar-refractivity contribution >= 4 is 0 Å². The Hall–Kier alpha value is -1.96. The second-order valence-electron chi connectivity index (χ2n) is 7.88. The molecule has 0 heterocycles. The first-order valence-corrected chi connectivity index (χ1v) is 9.01. The summed E-state index contributed by atoms with van der Waals surface area (Å²) in [5.41, 5.74) is 4.02. The van der Waals surface area contributed by atoms with Crippen LogP contribution in [0.15, 0.2) is 42.5 Å². The maximum atomic E-state index is 9.90. The Morgan fingerprint density at radius 2 is 1.71 bits per heavy atom. The standard InChI is InChI=1S/C22H28O2/c1-15(2)13-21-20-11-10-19(24)14-16(20)5-4-12-22(21,3)17-6-8-18(23)9-7-17/h6-11,14-15,21,23-24H,4-5,12-13H2,1-3H3. The number of hydrogen-bond acceptors (Lipinski definition) is 2. The van der Waals surface area contributed by atoms with E-state index in [-0.39, 0.29) is 5.41 Å². The third-order valence-electron chi connectivity index (χ3n) is 5.65. The van der Waals surface area contributed by atoms with Crippen molar-refractivity contribution in [2.45, 2.75) is 57.8 Å². The van der Waals surface area contributed by atoms with Gasteiger partial charge in [-0.1, -0.05) is 39.0 Å². The highest BCUT2D eigenvalue weighted by Gasteiger charge is 2.39. The molecule has 2 aromatic rings. The van der Waals surface area contributed by atoms with Crippen LogP contribution in [-0.4, -0.2) is 10.2 Å². The maximum absolute atomic E-state index is 9.90. The fourth-order valence-corrected chi connectivity index (χ4v) is 4.36. The summed E-state index contributed by atoms with van der Waals surface area (Å²) in [7, 11) is 0. The van der Waals surface area contributed by atoms with Crippen LogP contribution in [0.3, 0.4) is 0 Å². The van der Waals surface area contributed by atoms with Crippen LogP contribution >= 0.6 is 0 Å². The predicted molar refractivity (Wildman–Crippen MR) is 98.7 cm³/mol. The third kappa shape index (κ3) is 3.15. The molecule has 0 spiro atoms. The van der Waals surface area contributed by atoms with E-state index in [0.717, 1.165) is 25.7 Å². The Morgan fingerprint density at radius 1 is 1.04 bits per heavy atom. The van der Waals surface area contributed by atoms with Gasteiger partial charge in [0.05, 0.1) is 0 Å². The molecule has 128 valence electrons. The number of benzene rings is 2. The Kier molecular flexibility index (Phi) is 4.58. The Balaban J connectivity index is 2.12. The number of fused-ring (bicyclic) bond motifs is 1. The highest BCUT2D eigenvalue weighted by molar-refractivity contribution is 5.43. The van der Waals surface area contributed by atoms with Gasteiger partial charge in [-0.3, -0.25) is 0 Å². The van der Waals surface area contributed by atoms with Crippen LogP contribution in [0.25, 0.3) is 0 Å². The summed E-state index contributed by atoms with van der Waals surface area (Å²) in [6.07, 6.45) is 4.37. The molecule has 0 saturated heterocycles. The molecule has 2 atom stereocenters. The lowest BCUT2D eigenvalue weighted by molar-refractivity contribution is 0.308. The molecular formula is C22H28O2. The molecule has 2 heteroatoms. The van der Waals surface area contributed by atoms with Gasteiger partial charge < -0.3 is 10.2 Å². The zero-order valence-electron chi connectivity index (χ0n) is 14.9. The molecule has 24 heavy (non-hydrogen) atoms. The summed E-state index contributed by atoms with van der Waals surface area (Å²) in [6, 6.07) is 13.7. The van der Waals surface area contributed by atoms with Crippen molar-refractivity contribution in [2.75, 3.05) is 0 Å². The van der Waals surface area contributed by atoms with Crippen LogP contribution in [0.1, 0.15) is 62.6 Å². The predicted octanol–water partition coefficient (Wildman–Crippen LogP) is 5.52. The third-order valence-corrected chi connectivity index (χ3v) is 5.65. The number of rotatable bonds is 3. The second kappa shape index (κ2) is 6.51. The highest BCUT2D eigenvalue weighted by atomic mass is 16.3. The van der Waals surface area contributed by atoms with Gasteiger partial charge in [0.25, 0.3) is 0 Å². The van der Waals surface area contributed by atoms with Crippen molar-refractivity contribution in [1.29, 1.82) is 0 Å². The van der Waals surface area contributed by atoms with Crippen molar-refractivity contribution in [3.63, 3.8) is 0 Å². The number of aryl methyl sites for hydroxylation is 1. The molecule has 0 radical (unpaired) electrons. The second-order valence-corrected chi connectivity index (χ2v) is 7.88. The van der Waals surface area contributed by atoms with Crippen molar-refractivity contribution in [1.82, 2.24) is 0 Å². The van der Waals surface area contributed by atoms with Gasteiger partial charge in [-0.15, -0.1) is 0 Å². The smallest absolute Gasteiger partial charge is 0.115 e. The number of phenolic OH excluding ortho intramolecular Hbond substituents is 2. The van der Waals surface area contributed by atoms with Gasteiger partial charge in [0, 0.05) is 0 Å². The van der Waals surface area contributed by atoms with Crippen LogP contribution in [0.4, 0.5) is 0 Å². The lowest BCUT2D eigenvalue weighted by atomic mass is 9.65. The van der Waals surface area contributed by atoms with E-state index in [2.05, 4.69) is 39.0 Å². The summed E-state index contributed by atoms with van der Waals surface area (Å²) in [4.78, 5) is 0. The Labute approximate surface area is 145 Å². The van der Waals surface area contributed by atoms with E-state index in [4.69, 9.17) is 0 Å². The fraction of sp³-hybridized carbons (Fsp3) is 0.455. The van der Waals surface area contributed by atoms with E-state index < -0.39 is 0 Å². The molecule has 3 rings (SSSR count). The van der Waals surface area contributed by atoms with Gasteiger partial charge in [-0.2, -0.15) is 0 Å². The summed E-state index contributed by atoms with van der Waals surface area (Å²) < 4.78 is 0. The lowest BCUT2D eigenvalue weighted by Crippen LogP contribution is -2.31. The summed E-state index contributed by atoms with van der Waals surface area (Å²) in [6.45, 7) is 6.93. The van der Waals surface area contributed by atoms with Crippen molar-refractivity contribution in [3.05, 3.63) is 59.2 Å². The lowest BCUT2D eigenvalue weighted by Gasteiger charge is -2.39. The molecule has 2 aromatic carbocycles. The average Bonchev–Trinajstić information content (AvgIpc) is 2.65. The van der Waals surface area contributed by atoms with E-state index in [1.807, 2.05) is 12.1 Å². The van der Waals surface area contributed by atoms with Crippen LogP contribution in [0.2, 0.25) is 0 Å². The van der Waals surface area contributed by atoms with Crippen molar-refractivity contribution in [2.24, 2.45) is 5.92 Å².